The number of rotatable bonds is 6. The zero-order chi connectivity index (χ0) is 14.6. The molecule has 0 heterocycles. The number of hydrogen-bond donors (Lipinski definition) is 2. The maximum atomic E-state index is 13.6. The molecular weight excluding hydrogens is 273 g/mol. The van der Waals surface area contributed by atoms with E-state index in [4.69, 9.17) is 5.11 Å². The van der Waals surface area contributed by atoms with Crippen molar-refractivity contribution < 1.29 is 22.7 Å². The summed E-state index contributed by atoms with van der Waals surface area (Å²) in [5.74, 6) is -2.42. The fourth-order valence-electron chi connectivity index (χ4n) is 1.48. The van der Waals surface area contributed by atoms with Crippen molar-refractivity contribution >= 4 is 16.0 Å². The van der Waals surface area contributed by atoms with E-state index in [2.05, 4.69) is 11.3 Å². The van der Waals surface area contributed by atoms with E-state index in [1.165, 1.54) is 6.08 Å². The van der Waals surface area contributed by atoms with Gasteiger partial charge in [0.25, 0.3) is 0 Å². The molecule has 1 aromatic carbocycles. The van der Waals surface area contributed by atoms with Crippen molar-refractivity contribution in [3.63, 3.8) is 0 Å². The molecule has 0 aliphatic carbocycles. The van der Waals surface area contributed by atoms with E-state index in [0.717, 1.165) is 12.1 Å². The SMILES string of the molecule is C=CCC(C)NS(=O)(=O)c1ccc(C(=O)O)cc1F. The van der Waals surface area contributed by atoms with Gasteiger partial charge in [-0.25, -0.2) is 22.3 Å². The Morgan fingerprint density at radius 1 is 1.58 bits per heavy atom. The summed E-state index contributed by atoms with van der Waals surface area (Å²) < 4.78 is 39.7. The summed E-state index contributed by atoms with van der Waals surface area (Å²) in [6.45, 7) is 5.09. The van der Waals surface area contributed by atoms with E-state index in [0.29, 0.717) is 12.5 Å². The zero-order valence-electron chi connectivity index (χ0n) is 10.3. The Balaban J connectivity index is 3.08. The van der Waals surface area contributed by atoms with Gasteiger partial charge in [-0.2, -0.15) is 0 Å². The lowest BCUT2D eigenvalue weighted by Gasteiger charge is -2.13. The second-order valence-corrected chi connectivity index (χ2v) is 5.68. The number of carboxylic acids is 1. The highest BCUT2D eigenvalue weighted by Crippen LogP contribution is 2.16. The van der Waals surface area contributed by atoms with Crippen molar-refractivity contribution in [2.24, 2.45) is 0 Å². The van der Waals surface area contributed by atoms with Gasteiger partial charge in [-0.15, -0.1) is 6.58 Å². The van der Waals surface area contributed by atoms with Crippen LogP contribution < -0.4 is 4.72 Å². The summed E-state index contributed by atoms with van der Waals surface area (Å²) >= 11 is 0. The van der Waals surface area contributed by atoms with Crippen LogP contribution in [-0.2, 0) is 10.0 Å². The fourth-order valence-corrected chi connectivity index (χ4v) is 2.79. The monoisotopic (exact) mass is 287 g/mol. The van der Waals surface area contributed by atoms with Crippen molar-refractivity contribution in [3.05, 3.63) is 42.2 Å². The molecule has 104 valence electrons. The lowest BCUT2D eigenvalue weighted by molar-refractivity contribution is 0.0696. The Bertz CT molecular complexity index is 598. The standard InChI is InChI=1S/C12H14FNO4S/c1-3-4-8(2)14-19(17,18)11-6-5-9(12(15)16)7-10(11)13/h3,5-8,14H,1,4H2,2H3,(H,15,16). The number of benzene rings is 1. The van der Waals surface area contributed by atoms with Gasteiger partial charge in [-0.05, 0) is 31.5 Å². The van der Waals surface area contributed by atoms with Gasteiger partial charge in [-0.1, -0.05) is 6.08 Å². The molecule has 2 N–H and O–H groups in total. The lowest BCUT2D eigenvalue weighted by atomic mass is 10.2. The van der Waals surface area contributed by atoms with Crippen molar-refractivity contribution in [2.45, 2.75) is 24.3 Å². The summed E-state index contributed by atoms with van der Waals surface area (Å²) in [6.07, 6.45) is 1.94. The summed E-state index contributed by atoms with van der Waals surface area (Å²) in [5.41, 5.74) is -0.310. The molecule has 0 aliphatic heterocycles. The molecule has 0 amide bonds. The highest BCUT2D eigenvalue weighted by molar-refractivity contribution is 7.89. The number of halogens is 1. The summed E-state index contributed by atoms with van der Waals surface area (Å²) in [5, 5.41) is 8.68. The predicted octanol–water partition coefficient (Wildman–Crippen LogP) is 1.77. The molecule has 0 fully saturated rings. The molecule has 7 heteroatoms. The maximum Gasteiger partial charge on any atom is 0.335 e. The van der Waals surface area contributed by atoms with Crippen molar-refractivity contribution in [1.29, 1.82) is 0 Å². The van der Waals surface area contributed by atoms with Crippen molar-refractivity contribution in [1.82, 2.24) is 4.72 Å². The quantitative estimate of drug-likeness (QED) is 0.781. The normalized spacial score (nSPS) is 12.9. The molecule has 19 heavy (non-hydrogen) atoms. The van der Waals surface area contributed by atoms with Crippen LogP contribution in [0.3, 0.4) is 0 Å². The predicted molar refractivity (Wildman–Crippen MR) is 68.0 cm³/mol. The first-order valence-corrected chi connectivity index (χ1v) is 6.92. The second-order valence-electron chi connectivity index (χ2n) is 4.00. The van der Waals surface area contributed by atoms with Gasteiger partial charge in [0, 0.05) is 6.04 Å². The van der Waals surface area contributed by atoms with Crippen LogP contribution in [0.1, 0.15) is 23.7 Å². The highest BCUT2D eigenvalue weighted by atomic mass is 32.2. The molecule has 0 saturated heterocycles. The van der Waals surface area contributed by atoms with Crippen molar-refractivity contribution in [3.8, 4) is 0 Å². The molecule has 0 bridgehead atoms. The highest BCUT2D eigenvalue weighted by Gasteiger charge is 2.22. The van der Waals surface area contributed by atoms with Crippen molar-refractivity contribution in [2.75, 3.05) is 0 Å². The van der Waals surface area contributed by atoms with E-state index in [1.54, 1.807) is 6.92 Å². The Labute approximate surface area is 110 Å². The lowest BCUT2D eigenvalue weighted by Crippen LogP contribution is -2.32. The van der Waals surface area contributed by atoms with E-state index < -0.39 is 32.7 Å². The number of nitrogens with one attached hydrogen (secondary N) is 1. The molecule has 1 atom stereocenters. The van der Waals surface area contributed by atoms with Gasteiger partial charge in [-0.3, -0.25) is 0 Å². The van der Waals surface area contributed by atoms with Crippen LogP contribution >= 0.6 is 0 Å². The molecule has 0 radical (unpaired) electrons. The van der Waals surface area contributed by atoms with Crippen LogP contribution in [0.4, 0.5) is 4.39 Å². The van der Waals surface area contributed by atoms with E-state index in [1.807, 2.05) is 0 Å². The molecule has 1 unspecified atom stereocenters. The number of hydrogen-bond acceptors (Lipinski definition) is 3. The third kappa shape index (κ3) is 3.87. The van der Waals surface area contributed by atoms with Gasteiger partial charge in [0.15, 0.2) is 0 Å². The first kappa shape index (κ1) is 15.3. The van der Waals surface area contributed by atoms with Crippen LogP contribution in [0.2, 0.25) is 0 Å². The van der Waals surface area contributed by atoms with Crippen LogP contribution in [0.25, 0.3) is 0 Å². The van der Waals surface area contributed by atoms with Gasteiger partial charge < -0.3 is 5.11 Å². The number of carboxylic acid groups (broad SMARTS) is 1. The van der Waals surface area contributed by atoms with E-state index in [9.17, 15) is 17.6 Å². The number of aromatic carboxylic acids is 1. The minimum atomic E-state index is -4.02. The van der Waals surface area contributed by atoms with E-state index in [-0.39, 0.29) is 5.56 Å². The molecule has 0 aromatic heterocycles. The molecule has 1 aromatic rings. The van der Waals surface area contributed by atoms with Gasteiger partial charge >= 0.3 is 5.97 Å². The van der Waals surface area contributed by atoms with Gasteiger partial charge in [0.2, 0.25) is 10.0 Å². The summed E-state index contributed by atoms with van der Waals surface area (Å²) in [4.78, 5) is 10.1. The molecular formula is C12H14FNO4S. The molecule has 1 rings (SSSR count). The maximum absolute atomic E-state index is 13.6. The van der Waals surface area contributed by atoms with Crippen LogP contribution in [0, 0.1) is 5.82 Å². The number of sulfonamides is 1. The third-order valence-corrected chi connectivity index (χ3v) is 3.97. The summed E-state index contributed by atoms with van der Waals surface area (Å²) in [7, 11) is -4.02. The molecule has 0 saturated carbocycles. The Morgan fingerprint density at radius 2 is 2.21 bits per heavy atom. The zero-order valence-corrected chi connectivity index (χ0v) is 11.1. The Morgan fingerprint density at radius 3 is 2.68 bits per heavy atom. The second kappa shape index (κ2) is 5.94. The summed E-state index contributed by atoms with van der Waals surface area (Å²) in [6, 6.07) is 2.22. The fraction of sp³-hybridized carbons (Fsp3) is 0.250. The van der Waals surface area contributed by atoms with Crippen LogP contribution in [-0.4, -0.2) is 25.5 Å². The third-order valence-electron chi connectivity index (χ3n) is 2.34. The largest absolute Gasteiger partial charge is 0.478 e. The minimum Gasteiger partial charge on any atom is -0.478 e. The molecule has 0 spiro atoms. The average Bonchev–Trinajstić information content (AvgIpc) is 2.27. The number of carbonyl (C=O) groups is 1. The first-order valence-electron chi connectivity index (χ1n) is 5.44. The van der Waals surface area contributed by atoms with Crippen LogP contribution in [0.15, 0.2) is 35.7 Å². The smallest absolute Gasteiger partial charge is 0.335 e. The van der Waals surface area contributed by atoms with E-state index >= 15 is 0 Å². The van der Waals surface area contributed by atoms with Gasteiger partial charge in [0.05, 0.1) is 5.56 Å². The molecule has 0 aliphatic rings. The molecule has 5 nitrogen and oxygen atoms in total. The van der Waals surface area contributed by atoms with Gasteiger partial charge in [0.1, 0.15) is 10.7 Å². The average molecular weight is 287 g/mol. The minimum absolute atomic E-state index is 0.310. The Hall–Kier alpha value is -1.73. The topological polar surface area (TPSA) is 83.5 Å². The Kier molecular flexibility index (Phi) is 4.79. The first-order chi connectivity index (χ1) is 8.77. The van der Waals surface area contributed by atoms with Crippen LogP contribution in [0.5, 0.6) is 0 Å².